The zero-order chi connectivity index (χ0) is 20.4. The fourth-order valence-electron chi connectivity index (χ4n) is 2.74. The van der Waals surface area contributed by atoms with E-state index in [2.05, 4.69) is 20.4 Å². The standard InChI is InChI=1S/C20H14Cl2N4O3/c1-2-28-20(27)15-16(11-7-9-12(21)10-8-11)26-29-19(15)25-18-17(22)23-13-5-3-4-6-14(13)24-18/h3-10H,2H2,1H3,(H,24,25). The number of rotatable bonds is 5. The molecule has 9 heteroatoms. The fourth-order valence-corrected chi connectivity index (χ4v) is 3.05. The van der Waals surface area contributed by atoms with Crippen molar-refractivity contribution in [2.45, 2.75) is 6.92 Å². The topological polar surface area (TPSA) is 90.1 Å². The summed E-state index contributed by atoms with van der Waals surface area (Å²) >= 11 is 12.2. The van der Waals surface area contributed by atoms with Gasteiger partial charge in [-0.05, 0) is 31.2 Å². The lowest BCUT2D eigenvalue weighted by Gasteiger charge is -2.08. The number of aromatic nitrogens is 3. The number of nitrogens with one attached hydrogen (secondary N) is 1. The van der Waals surface area contributed by atoms with Crippen LogP contribution in [0.4, 0.5) is 11.7 Å². The van der Waals surface area contributed by atoms with E-state index in [1.54, 1.807) is 43.3 Å². The molecule has 0 saturated carbocycles. The second-order valence-corrected chi connectivity index (χ2v) is 6.73. The van der Waals surface area contributed by atoms with Gasteiger partial charge in [0, 0.05) is 10.6 Å². The van der Waals surface area contributed by atoms with Gasteiger partial charge in [0.25, 0.3) is 0 Å². The Balaban J connectivity index is 1.78. The average Bonchev–Trinajstić information content (AvgIpc) is 3.13. The van der Waals surface area contributed by atoms with E-state index in [0.29, 0.717) is 27.3 Å². The van der Waals surface area contributed by atoms with Crippen molar-refractivity contribution in [3.8, 4) is 11.3 Å². The number of benzene rings is 2. The van der Waals surface area contributed by atoms with Gasteiger partial charge in [-0.1, -0.05) is 52.6 Å². The van der Waals surface area contributed by atoms with Crippen LogP contribution in [-0.2, 0) is 4.74 Å². The highest BCUT2D eigenvalue weighted by Gasteiger charge is 2.26. The number of carbonyl (C=O) groups is 1. The highest BCUT2D eigenvalue weighted by atomic mass is 35.5. The molecule has 4 aromatic rings. The summed E-state index contributed by atoms with van der Waals surface area (Å²) < 4.78 is 10.6. The van der Waals surface area contributed by atoms with Gasteiger partial charge in [0.1, 0.15) is 5.69 Å². The maximum atomic E-state index is 12.6. The number of nitrogens with zero attached hydrogens (tertiary/aromatic N) is 3. The van der Waals surface area contributed by atoms with Gasteiger partial charge in [0.05, 0.1) is 17.6 Å². The number of carbonyl (C=O) groups excluding carboxylic acids is 1. The van der Waals surface area contributed by atoms with Crippen molar-refractivity contribution >= 4 is 51.9 Å². The summed E-state index contributed by atoms with van der Waals surface area (Å²) in [6, 6.07) is 14.1. The minimum atomic E-state index is -0.592. The zero-order valence-corrected chi connectivity index (χ0v) is 16.7. The van der Waals surface area contributed by atoms with Crippen LogP contribution in [0, 0.1) is 0 Å². The van der Waals surface area contributed by atoms with Crippen LogP contribution in [0.15, 0.2) is 53.1 Å². The molecule has 0 atom stereocenters. The Bertz CT molecular complexity index is 1190. The molecule has 4 rings (SSSR count). The number of halogens is 2. The molecule has 0 saturated heterocycles. The number of hydrogen-bond donors (Lipinski definition) is 1. The zero-order valence-electron chi connectivity index (χ0n) is 15.1. The molecule has 0 aliphatic heterocycles. The Morgan fingerprint density at radius 1 is 1.07 bits per heavy atom. The third-order valence-corrected chi connectivity index (χ3v) is 4.56. The first-order valence-electron chi connectivity index (χ1n) is 8.69. The summed E-state index contributed by atoms with van der Waals surface area (Å²) in [4.78, 5) is 21.4. The van der Waals surface area contributed by atoms with Gasteiger partial charge in [0.2, 0.25) is 5.88 Å². The number of fused-ring (bicyclic) bond motifs is 1. The van der Waals surface area contributed by atoms with Gasteiger partial charge in [-0.15, -0.1) is 0 Å². The van der Waals surface area contributed by atoms with E-state index in [4.69, 9.17) is 32.5 Å². The molecule has 0 amide bonds. The van der Waals surface area contributed by atoms with Gasteiger partial charge < -0.3 is 14.6 Å². The van der Waals surface area contributed by atoms with Gasteiger partial charge >= 0.3 is 5.97 Å². The van der Waals surface area contributed by atoms with E-state index >= 15 is 0 Å². The largest absolute Gasteiger partial charge is 0.462 e. The molecular formula is C20H14Cl2N4O3. The van der Waals surface area contributed by atoms with Crippen LogP contribution in [0.2, 0.25) is 10.2 Å². The van der Waals surface area contributed by atoms with Crippen LogP contribution >= 0.6 is 23.2 Å². The molecule has 0 fully saturated rings. The van der Waals surface area contributed by atoms with Crippen molar-refractivity contribution in [3.63, 3.8) is 0 Å². The maximum absolute atomic E-state index is 12.6. The monoisotopic (exact) mass is 428 g/mol. The van der Waals surface area contributed by atoms with E-state index in [0.717, 1.165) is 0 Å². The molecule has 1 N–H and O–H groups in total. The van der Waals surface area contributed by atoms with Crippen molar-refractivity contribution in [2.75, 3.05) is 11.9 Å². The van der Waals surface area contributed by atoms with Crippen LogP contribution < -0.4 is 5.32 Å². The summed E-state index contributed by atoms with van der Waals surface area (Å²) in [5.74, 6) is -0.305. The van der Waals surface area contributed by atoms with E-state index in [1.807, 2.05) is 12.1 Å². The Hall–Kier alpha value is -3.16. The maximum Gasteiger partial charge on any atom is 0.346 e. The first-order chi connectivity index (χ1) is 14.1. The normalized spacial score (nSPS) is 10.9. The lowest BCUT2D eigenvalue weighted by molar-refractivity contribution is 0.0528. The van der Waals surface area contributed by atoms with Crippen molar-refractivity contribution in [2.24, 2.45) is 0 Å². The van der Waals surface area contributed by atoms with E-state index in [9.17, 15) is 4.79 Å². The SMILES string of the molecule is CCOC(=O)c1c(-c2ccc(Cl)cc2)noc1Nc1nc2ccccc2nc1Cl. The smallest absolute Gasteiger partial charge is 0.346 e. The lowest BCUT2D eigenvalue weighted by Crippen LogP contribution is -2.08. The third kappa shape index (κ3) is 3.87. The van der Waals surface area contributed by atoms with Gasteiger partial charge in [-0.2, -0.15) is 0 Å². The predicted molar refractivity (Wildman–Crippen MR) is 111 cm³/mol. The van der Waals surface area contributed by atoms with Crippen molar-refractivity contribution in [3.05, 3.63) is 64.3 Å². The molecule has 7 nitrogen and oxygen atoms in total. The molecule has 0 aliphatic carbocycles. The quantitative estimate of drug-likeness (QED) is 0.418. The fraction of sp³-hybridized carbons (Fsp3) is 0.100. The van der Waals surface area contributed by atoms with Crippen LogP contribution in [0.25, 0.3) is 22.3 Å². The Kier molecular flexibility index (Phi) is 5.33. The molecule has 2 heterocycles. The van der Waals surface area contributed by atoms with Gasteiger partial charge in [-0.25, -0.2) is 14.8 Å². The third-order valence-electron chi connectivity index (χ3n) is 4.05. The van der Waals surface area contributed by atoms with E-state index in [-0.39, 0.29) is 29.0 Å². The summed E-state index contributed by atoms with van der Waals surface area (Å²) in [6.07, 6.45) is 0. The Labute approximate surface area is 175 Å². The number of hydrogen-bond acceptors (Lipinski definition) is 7. The number of anilines is 2. The Morgan fingerprint density at radius 3 is 2.45 bits per heavy atom. The molecule has 29 heavy (non-hydrogen) atoms. The van der Waals surface area contributed by atoms with Crippen LogP contribution in [0.1, 0.15) is 17.3 Å². The summed E-state index contributed by atoms with van der Waals surface area (Å²) in [7, 11) is 0. The number of esters is 1. The molecule has 2 aromatic carbocycles. The van der Waals surface area contributed by atoms with E-state index in [1.165, 1.54) is 0 Å². The second kappa shape index (κ2) is 8.06. The van der Waals surface area contributed by atoms with Crippen molar-refractivity contribution in [1.82, 2.24) is 15.1 Å². The summed E-state index contributed by atoms with van der Waals surface area (Å²) in [5.41, 5.74) is 2.36. The van der Waals surface area contributed by atoms with Crippen LogP contribution in [0.5, 0.6) is 0 Å². The predicted octanol–water partition coefficient (Wildman–Crippen LogP) is 5.51. The first kappa shape index (κ1) is 19.2. The highest BCUT2D eigenvalue weighted by Crippen LogP contribution is 2.33. The molecule has 0 spiro atoms. The average molecular weight is 429 g/mol. The molecule has 0 aliphatic rings. The summed E-state index contributed by atoms with van der Waals surface area (Å²) in [5, 5.41) is 7.64. The molecule has 0 bridgehead atoms. The second-order valence-electron chi connectivity index (χ2n) is 5.94. The van der Waals surface area contributed by atoms with Crippen LogP contribution in [0.3, 0.4) is 0 Å². The molecule has 0 unspecified atom stereocenters. The summed E-state index contributed by atoms with van der Waals surface area (Å²) in [6.45, 7) is 1.91. The minimum absolute atomic E-state index is 0.0554. The minimum Gasteiger partial charge on any atom is -0.462 e. The van der Waals surface area contributed by atoms with Gasteiger partial charge in [0.15, 0.2) is 16.5 Å². The number of ether oxygens (including phenoxy) is 1. The number of para-hydroxylation sites is 2. The van der Waals surface area contributed by atoms with Gasteiger partial charge in [-0.3, -0.25) is 0 Å². The molecule has 0 radical (unpaired) electrons. The van der Waals surface area contributed by atoms with Crippen LogP contribution in [-0.4, -0.2) is 27.7 Å². The highest BCUT2D eigenvalue weighted by molar-refractivity contribution is 6.32. The molecule has 2 aromatic heterocycles. The van der Waals surface area contributed by atoms with Crippen molar-refractivity contribution in [1.29, 1.82) is 0 Å². The lowest BCUT2D eigenvalue weighted by atomic mass is 10.1. The van der Waals surface area contributed by atoms with Crippen molar-refractivity contribution < 1.29 is 14.1 Å². The van der Waals surface area contributed by atoms with E-state index < -0.39 is 5.97 Å². The Morgan fingerprint density at radius 2 is 1.76 bits per heavy atom. The molecular weight excluding hydrogens is 415 g/mol. The first-order valence-corrected chi connectivity index (χ1v) is 9.44. The molecule has 146 valence electrons.